The molecule has 0 saturated carbocycles. The number of rotatable bonds is 6. The minimum absolute atomic E-state index is 0.00931. The first kappa shape index (κ1) is 26.6. The lowest BCUT2D eigenvalue weighted by atomic mass is 9.80. The smallest absolute Gasteiger partial charge is 0.226 e. The normalized spacial score (nSPS) is 22.2. The maximum atomic E-state index is 13.6. The molecule has 0 bridgehead atoms. The van der Waals surface area contributed by atoms with Gasteiger partial charge in [0.25, 0.3) is 0 Å². The Balaban J connectivity index is 1.10. The van der Waals surface area contributed by atoms with Gasteiger partial charge in [0.1, 0.15) is 12.2 Å². The molecule has 1 amide bonds. The summed E-state index contributed by atoms with van der Waals surface area (Å²) in [6.07, 6.45) is 6.18. The van der Waals surface area contributed by atoms with Crippen LogP contribution in [0, 0.1) is 5.92 Å². The van der Waals surface area contributed by atoms with Crippen LogP contribution in [-0.4, -0.2) is 84.5 Å². The summed E-state index contributed by atoms with van der Waals surface area (Å²) < 4.78 is 2.12. The summed E-state index contributed by atoms with van der Waals surface area (Å²) in [4.78, 5) is 24.7. The second kappa shape index (κ2) is 11.1. The van der Waals surface area contributed by atoms with E-state index >= 15 is 0 Å². The Hall–Kier alpha value is -3.62. The topological polar surface area (TPSA) is 76.3 Å². The number of nitrogens with one attached hydrogen (secondary N) is 1. The molecule has 2 fully saturated rings. The number of piperidine rings is 2. The van der Waals surface area contributed by atoms with E-state index in [-0.39, 0.29) is 17.7 Å². The lowest BCUT2D eigenvalue weighted by Gasteiger charge is -2.43. The summed E-state index contributed by atoms with van der Waals surface area (Å²) in [6.45, 7) is 3.90. The molecule has 0 aliphatic carbocycles. The number of aromatic nitrogens is 1. The second-order valence-electron chi connectivity index (χ2n) is 11.7. The van der Waals surface area contributed by atoms with Crippen LogP contribution in [0.2, 0.25) is 0 Å². The number of anilines is 1. The van der Waals surface area contributed by atoms with Crippen molar-refractivity contribution in [2.75, 3.05) is 58.4 Å². The van der Waals surface area contributed by atoms with Gasteiger partial charge in [-0.15, -0.1) is 0 Å². The van der Waals surface area contributed by atoms with Crippen molar-refractivity contribution in [1.82, 2.24) is 19.7 Å². The van der Waals surface area contributed by atoms with Crippen molar-refractivity contribution in [1.29, 1.82) is 0 Å². The van der Waals surface area contributed by atoms with E-state index in [2.05, 4.69) is 86.7 Å². The van der Waals surface area contributed by atoms with Crippen LogP contribution >= 0.6 is 0 Å². The number of amides is 1. The Morgan fingerprint density at radius 2 is 1.90 bits per heavy atom. The molecule has 8 nitrogen and oxygen atoms in total. The van der Waals surface area contributed by atoms with E-state index in [0.717, 1.165) is 41.6 Å². The number of hydrogen-bond acceptors (Lipinski definition) is 6. The summed E-state index contributed by atoms with van der Waals surface area (Å²) in [6, 6.07) is 20.9. The Labute approximate surface area is 236 Å². The SMILES string of the molecule is CN(C)c1cccc(-n2ccc3c2=NCN(CC2(O)CCN(C(=O)[C@@H]4CCNC[C@H]4c4ccccc4)CC2)C=3)c1. The molecule has 3 aliphatic heterocycles. The average Bonchev–Trinajstić information content (AvgIpc) is 3.41. The number of carbonyl (C=O) groups is 1. The van der Waals surface area contributed by atoms with E-state index < -0.39 is 5.60 Å². The third kappa shape index (κ3) is 5.38. The molecule has 2 N–H and O–H groups in total. The molecule has 0 radical (unpaired) electrons. The fraction of sp³-hybridized carbons (Fsp3) is 0.438. The van der Waals surface area contributed by atoms with Crippen LogP contribution in [0.15, 0.2) is 71.9 Å². The molecule has 8 heteroatoms. The maximum absolute atomic E-state index is 13.6. The number of aliphatic hydroxyl groups is 1. The Morgan fingerprint density at radius 3 is 2.67 bits per heavy atom. The van der Waals surface area contributed by atoms with Gasteiger partial charge in [0, 0.05) is 81.1 Å². The number of carbonyl (C=O) groups excluding carboxylic acids is 1. The molecule has 0 spiro atoms. The summed E-state index contributed by atoms with van der Waals surface area (Å²) in [7, 11) is 4.08. The van der Waals surface area contributed by atoms with E-state index in [9.17, 15) is 9.90 Å². The Morgan fingerprint density at radius 1 is 1.10 bits per heavy atom. The Kier molecular flexibility index (Phi) is 7.38. The summed E-state index contributed by atoms with van der Waals surface area (Å²) in [5, 5.41) is 16.0. The van der Waals surface area contributed by atoms with Crippen molar-refractivity contribution in [2.45, 2.75) is 30.8 Å². The minimum atomic E-state index is -0.837. The fourth-order valence-corrected chi connectivity index (χ4v) is 6.45. The molecule has 3 aliphatic rings. The summed E-state index contributed by atoms with van der Waals surface area (Å²) >= 11 is 0. The summed E-state index contributed by atoms with van der Waals surface area (Å²) in [5.41, 5.74) is 3.55. The number of β-amino-alcohol motifs (C(OH)–C–C–N with tert-alkyl or cyclic N) is 1. The van der Waals surface area contributed by atoms with Gasteiger partial charge in [-0.3, -0.25) is 4.79 Å². The lowest BCUT2D eigenvalue weighted by molar-refractivity contribution is -0.141. The van der Waals surface area contributed by atoms with Crippen LogP contribution in [0.3, 0.4) is 0 Å². The van der Waals surface area contributed by atoms with Gasteiger partial charge >= 0.3 is 0 Å². The van der Waals surface area contributed by atoms with Crippen LogP contribution in [0.5, 0.6) is 0 Å². The number of hydrogen-bond donors (Lipinski definition) is 2. The highest BCUT2D eigenvalue weighted by molar-refractivity contribution is 5.80. The molecule has 3 aromatic rings. The van der Waals surface area contributed by atoms with Crippen molar-refractivity contribution in [3.63, 3.8) is 0 Å². The van der Waals surface area contributed by atoms with Gasteiger partial charge in [-0.25, -0.2) is 4.99 Å². The molecule has 6 rings (SSSR count). The largest absolute Gasteiger partial charge is 0.388 e. The minimum Gasteiger partial charge on any atom is -0.388 e. The number of likely N-dealkylation sites (tertiary alicyclic amines) is 1. The van der Waals surface area contributed by atoms with E-state index in [0.29, 0.717) is 39.1 Å². The summed E-state index contributed by atoms with van der Waals surface area (Å²) in [5.74, 6) is 0.422. The van der Waals surface area contributed by atoms with Gasteiger partial charge in [0.2, 0.25) is 5.91 Å². The molecule has 2 aromatic carbocycles. The predicted molar refractivity (Wildman–Crippen MR) is 158 cm³/mol. The molecular formula is C32H40N6O2. The van der Waals surface area contributed by atoms with Crippen molar-refractivity contribution in [3.8, 4) is 5.69 Å². The third-order valence-corrected chi connectivity index (χ3v) is 8.77. The number of benzene rings is 2. The molecular weight excluding hydrogens is 500 g/mol. The van der Waals surface area contributed by atoms with Crippen molar-refractivity contribution in [3.05, 3.63) is 83.1 Å². The zero-order valence-corrected chi connectivity index (χ0v) is 23.5. The average molecular weight is 541 g/mol. The molecule has 2 saturated heterocycles. The van der Waals surface area contributed by atoms with E-state index in [4.69, 9.17) is 4.99 Å². The van der Waals surface area contributed by atoms with E-state index in [1.54, 1.807) is 0 Å². The molecule has 4 heterocycles. The monoisotopic (exact) mass is 540 g/mol. The van der Waals surface area contributed by atoms with Crippen LogP contribution in [0.4, 0.5) is 5.69 Å². The van der Waals surface area contributed by atoms with E-state index in [1.807, 2.05) is 25.1 Å². The highest BCUT2D eigenvalue weighted by Gasteiger charge is 2.39. The fourth-order valence-electron chi connectivity index (χ4n) is 6.45. The first-order valence-corrected chi connectivity index (χ1v) is 14.4. The van der Waals surface area contributed by atoms with Crippen LogP contribution in [-0.2, 0) is 4.79 Å². The van der Waals surface area contributed by atoms with Gasteiger partial charge in [-0.1, -0.05) is 36.4 Å². The van der Waals surface area contributed by atoms with Gasteiger partial charge in [0.05, 0.1) is 5.60 Å². The first-order valence-electron chi connectivity index (χ1n) is 14.4. The zero-order chi connectivity index (χ0) is 27.7. The van der Waals surface area contributed by atoms with Crippen molar-refractivity contribution < 1.29 is 9.90 Å². The van der Waals surface area contributed by atoms with Crippen molar-refractivity contribution >= 4 is 17.8 Å². The van der Waals surface area contributed by atoms with Crippen LogP contribution < -0.4 is 20.9 Å². The van der Waals surface area contributed by atoms with Gasteiger partial charge in [-0.05, 0) is 55.6 Å². The predicted octanol–water partition coefficient (Wildman–Crippen LogP) is 1.92. The van der Waals surface area contributed by atoms with Gasteiger partial charge in [-0.2, -0.15) is 0 Å². The lowest BCUT2D eigenvalue weighted by Crippen LogP contribution is -2.54. The van der Waals surface area contributed by atoms with Gasteiger partial charge < -0.3 is 29.7 Å². The van der Waals surface area contributed by atoms with Crippen LogP contribution in [0.25, 0.3) is 11.9 Å². The Bertz CT molecular complexity index is 1460. The quantitative estimate of drug-likeness (QED) is 0.500. The second-order valence-corrected chi connectivity index (χ2v) is 11.7. The first-order chi connectivity index (χ1) is 19.4. The molecule has 40 heavy (non-hydrogen) atoms. The maximum Gasteiger partial charge on any atom is 0.226 e. The standard InChI is InChI=1S/C32H40N6O2/c1-35(2)26-9-6-10-27(19-26)38-16-12-25-21-36(23-34-30(25)38)22-32(40)13-17-37(18-14-32)31(39)28-11-15-33-20-29(28)24-7-4-3-5-8-24/h3-10,12,16,19,21,28-29,33,40H,11,13-15,17-18,20,22-23H2,1-2H3/t28-,29+/m1/s1. The highest BCUT2D eigenvalue weighted by Crippen LogP contribution is 2.33. The molecule has 210 valence electrons. The number of nitrogens with zero attached hydrogens (tertiary/aromatic N) is 5. The van der Waals surface area contributed by atoms with Crippen molar-refractivity contribution in [2.24, 2.45) is 10.9 Å². The van der Waals surface area contributed by atoms with Gasteiger partial charge in [0.15, 0.2) is 0 Å². The van der Waals surface area contributed by atoms with Crippen LogP contribution in [0.1, 0.15) is 30.7 Å². The highest BCUT2D eigenvalue weighted by atomic mass is 16.3. The van der Waals surface area contributed by atoms with E-state index in [1.165, 1.54) is 5.56 Å². The molecule has 1 aromatic heterocycles. The number of fused-ring (bicyclic) bond motifs is 1. The molecule has 0 unspecified atom stereocenters. The zero-order valence-electron chi connectivity index (χ0n) is 23.5. The molecule has 2 atom stereocenters. The third-order valence-electron chi connectivity index (χ3n) is 8.77.